The summed E-state index contributed by atoms with van der Waals surface area (Å²) >= 11 is 0. The SMILES string of the molecule is CCCCN(C)c1cc(NCCN)nc(C)n1. The Kier molecular flexibility index (Phi) is 5.69. The first-order valence-corrected chi connectivity index (χ1v) is 6.18. The summed E-state index contributed by atoms with van der Waals surface area (Å²) < 4.78 is 0. The number of nitrogens with two attached hydrogens (primary N) is 1. The predicted octanol–water partition coefficient (Wildman–Crippen LogP) is 1.39. The number of rotatable bonds is 7. The molecule has 0 bridgehead atoms. The average molecular weight is 237 g/mol. The molecule has 5 nitrogen and oxygen atoms in total. The van der Waals surface area contributed by atoms with E-state index in [0.29, 0.717) is 6.54 Å². The fourth-order valence-electron chi connectivity index (χ4n) is 1.55. The van der Waals surface area contributed by atoms with Crippen LogP contribution in [-0.4, -0.2) is 36.6 Å². The maximum atomic E-state index is 5.46. The van der Waals surface area contributed by atoms with Gasteiger partial charge in [-0.05, 0) is 13.3 Å². The standard InChI is InChI=1S/C12H23N5/c1-4-5-8-17(3)12-9-11(14-7-6-13)15-10(2)16-12/h9H,4-8,13H2,1-3H3,(H,14,15,16). The van der Waals surface area contributed by atoms with Gasteiger partial charge in [0.1, 0.15) is 17.5 Å². The number of unbranched alkanes of at least 4 members (excludes halogenated alkanes) is 1. The number of aromatic nitrogens is 2. The van der Waals surface area contributed by atoms with E-state index in [9.17, 15) is 0 Å². The molecule has 0 atom stereocenters. The molecule has 0 aliphatic carbocycles. The molecule has 0 unspecified atom stereocenters. The Morgan fingerprint density at radius 3 is 2.82 bits per heavy atom. The fourth-order valence-corrected chi connectivity index (χ4v) is 1.55. The van der Waals surface area contributed by atoms with Crippen LogP contribution in [-0.2, 0) is 0 Å². The lowest BCUT2D eigenvalue weighted by molar-refractivity contribution is 0.756. The van der Waals surface area contributed by atoms with Crippen LogP contribution >= 0.6 is 0 Å². The highest BCUT2D eigenvalue weighted by molar-refractivity contribution is 5.48. The lowest BCUT2D eigenvalue weighted by atomic mass is 10.3. The smallest absolute Gasteiger partial charge is 0.134 e. The van der Waals surface area contributed by atoms with Gasteiger partial charge >= 0.3 is 0 Å². The number of nitrogens with zero attached hydrogens (tertiary/aromatic N) is 3. The minimum Gasteiger partial charge on any atom is -0.369 e. The normalized spacial score (nSPS) is 10.4. The summed E-state index contributed by atoms with van der Waals surface area (Å²) in [7, 11) is 2.06. The Morgan fingerprint density at radius 2 is 2.18 bits per heavy atom. The van der Waals surface area contributed by atoms with Gasteiger partial charge in [0.25, 0.3) is 0 Å². The van der Waals surface area contributed by atoms with E-state index in [1.807, 2.05) is 13.0 Å². The van der Waals surface area contributed by atoms with Crippen LogP contribution in [0, 0.1) is 6.92 Å². The molecule has 0 saturated carbocycles. The van der Waals surface area contributed by atoms with Crippen LogP contribution in [0.1, 0.15) is 25.6 Å². The second kappa shape index (κ2) is 7.06. The highest BCUT2D eigenvalue weighted by atomic mass is 15.2. The molecule has 17 heavy (non-hydrogen) atoms. The summed E-state index contributed by atoms with van der Waals surface area (Å²) in [6.07, 6.45) is 2.36. The summed E-state index contributed by atoms with van der Waals surface area (Å²) in [4.78, 5) is 10.9. The number of hydrogen-bond donors (Lipinski definition) is 2. The summed E-state index contributed by atoms with van der Waals surface area (Å²) in [5.74, 6) is 2.59. The van der Waals surface area contributed by atoms with E-state index < -0.39 is 0 Å². The Bertz CT molecular complexity index is 340. The average Bonchev–Trinajstić information content (AvgIpc) is 2.32. The van der Waals surface area contributed by atoms with Crippen molar-refractivity contribution in [3.8, 4) is 0 Å². The van der Waals surface area contributed by atoms with Gasteiger partial charge in [0.2, 0.25) is 0 Å². The quantitative estimate of drug-likeness (QED) is 0.750. The first kappa shape index (κ1) is 13.7. The van der Waals surface area contributed by atoms with Gasteiger partial charge in [0.05, 0.1) is 0 Å². The highest BCUT2D eigenvalue weighted by Gasteiger charge is 2.05. The number of aryl methyl sites for hydroxylation is 1. The fraction of sp³-hybridized carbons (Fsp3) is 0.667. The molecular formula is C12H23N5. The molecule has 96 valence electrons. The van der Waals surface area contributed by atoms with Crippen LogP contribution in [0.4, 0.5) is 11.6 Å². The predicted molar refractivity (Wildman–Crippen MR) is 72.5 cm³/mol. The third-order valence-corrected chi connectivity index (χ3v) is 2.51. The summed E-state index contributed by atoms with van der Waals surface area (Å²) in [5.41, 5.74) is 5.46. The van der Waals surface area contributed by atoms with E-state index in [4.69, 9.17) is 5.73 Å². The maximum Gasteiger partial charge on any atom is 0.134 e. The largest absolute Gasteiger partial charge is 0.369 e. The molecule has 0 fully saturated rings. The van der Waals surface area contributed by atoms with Crippen LogP contribution in [0.25, 0.3) is 0 Å². The molecule has 1 heterocycles. The van der Waals surface area contributed by atoms with E-state index in [1.165, 1.54) is 12.8 Å². The number of hydrogen-bond acceptors (Lipinski definition) is 5. The van der Waals surface area contributed by atoms with Crippen molar-refractivity contribution in [2.24, 2.45) is 5.73 Å². The van der Waals surface area contributed by atoms with Crippen molar-refractivity contribution in [3.63, 3.8) is 0 Å². The minimum atomic E-state index is 0.601. The van der Waals surface area contributed by atoms with Gasteiger partial charge < -0.3 is 16.0 Å². The highest BCUT2D eigenvalue weighted by Crippen LogP contribution is 2.14. The van der Waals surface area contributed by atoms with E-state index in [-0.39, 0.29) is 0 Å². The Labute approximate surface area is 103 Å². The van der Waals surface area contributed by atoms with Crippen molar-refractivity contribution in [1.29, 1.82) is 0 Å². The van der Waals surface area contributed by atoms with E-state index in [1.54, 1.807) is 0 Å². The van der Waals surface area contributed by atoms with Crippen molar-refractivity contribution in [3.05, 3.63) is 11.9 Å². The Hall–Kier alpha value is -1.36. The lowest BCUT2D eigenvalue weighted by Crippen LogP contribution is -2.21. The van der Waals surface area contributed by atoms with Crippen molar-refractivity contribution in [2.45, 2.75) is 26.7 Å². The monoisotopic (exact) mass is 237 g/mol. The summed E-state index contributed by atoms with van der Waals surface area (Å²) in [6, 6.07) is 1.97. The van der Waals surface area contributed by atoms with Crippen molar-refractivity contribution < 1.29 is 0 Å². The van der Waals surface area contributed by atoms with Gasteiger partial charge in [-0.15, -0.1) is 0 Å². The third-order valence-electron chi connectivity index (χ3n) is 2.51. The van der Waals surface area contributed by atoms with E-state index >= 15 is 0 Å². The van der Waals surface area contributed by atoms with Crippen molar-refractivity contribution in [2.75, 3.05) is 36.9 Å². The minimum absolute atomic E-state index is 0.601. The zero-order chi connectivity index (χ0) is 12.7. The number of nitrogens with one attached hydrogen (secondary N) is 1. The molecular weight excluding hydrogens is 214 g/mol. The van der Waals surface area contributed by atoms with Gasteiger partial charge in [-0.25, -0.2) is 9.97 Å². The molecule has 0 aliphatic rings. The maximum absolute atomic E-state index is 5.46. The van der Waals surface area contributed by atoms with Crippen LogP contribution in [0.15, 0.2) is 6.07 Å². The zero-order valence-corrected chi connectivity index (χ0v) is 11.0. The topological polar surface area (TPSA) is 67.1 Å². The van der Waals surface area contributed by atoms with Gasteiger partial charge in [-0.1, -0.05) is 13.3 Å². The molecule has 1 rings (SSSR count). The molecule has 0 radical (unpaired) electrons. The molecule has 0 spiro atoms. The summed E-state index contributed by atoms with van der Waals surface area (Å²) in [5, 5.41) is 3.18. The first-order valence-electron chi connectivity index (χ1n) is 6.18. The number of anilines is 2. The lowest BCUT2D eigenvalue weighted by Gasteiger charge is -2.19. The van der Waals surface area contributed by atoms with Crippen LogP contribution in [0.5, 0.6) is 0 Å². The Morgan fingerprint density at radius 1 is 1.41 bits per heavy atom. The van der Waals surface area contributed by atoms with Crippen LogP contribution in [0.3, 0.4) is 0 Å². The van der Waals surface area contributed by atoms with Crippen LogP contribution < -0.4 is 16.0 Å². The molecule has 0 amide bonds. The molecule has 3 N–H and O–H groups in total. The van der Waals surface area contributed by atoms with Crippen molar-refractivity contribution >= 4 is 11.6 Å². The van der Waals surface area contributed by atoms with Crippen LogP contribution in [0.2, 0.25) is 0 Å². The third kappa shape index (κ3) is 4.56. The van der Waals surface area contributed by atoms with Gasteiger partial charge in [-0.2, -0.15) is 0 Å². The molecule has 0 aliphatic heterocycles. The van der Waals surface area contributed by atoms with Crippen molar-refractivity contribution in [1.82, 2.24) is 9.97 Å². The van der Waals surface area contributed by atoms with E-state index in [2.05, 4.69) is 34.2 Å². The second-order valence-electron chi connectivity index (χ2n) is 4.15. The first-order chi connectivity index (χ1) is 8.17. The van der Waals surface area contributed by atoms with Gasteiger partial charge in [-0.3, -0.25) is 0 Å². The van der Waals surface area contributed by atoms with Gasteiger partial charge in [0, 0.05) is 32.7 Å². The van der Waals surface area contributed by atoms with E-state index in [0.717, 1.165) is 30.5 Å². The molecule has 1 aromatic rings. The zero-order valence-electron chi connectivity index (χ0n) is 11.0. The molecule has 0 aromatic carbocycles. The molecule has 1 aromatic heterocycles. The molecule has 5 heteroatoms. The summed E-state index contributed by atoms with van der Waals surface area (Å²) in [6.45, 7) is 6.44. The molecule has 0 saturated heterocycles. The Balaban J connectivity index is 2.73. The second-order valence-corrected chi connectivity index (χ2v) is 4.15. The van der Waals surface area contributed by atoms with Gasteiger partial charge in [0.15, 0.2) is 0 Å².